The summed E-state index contributed by atoms with van der Waals surface area (Å²) in [6.07, 6.45) is 2.78. The first-order valence-corrected chi connectivity index (χ1v) is 6.18. The SMILES string of the molecule is CC.CC(C)N1CCCC1C(C)(C)C. The zero-order chi connectivity index (χ0) is 11.4. The van der Waals surface area contributed by atoms with Crippen molar-refractivity contribution in [1.29, 1.82) is 0 Å². The van der Waals surface area contributed by atoms with Crippen LogP contribution in [0.2, 0.25) is 0 Å². The molecule has 0 spiro atoms. The second kappa shape index (κ2) is 5.75. The molecule has 0 bridgehead atoms. The van der Waals surface area contributed by atoms with E-state index in [1.807, 2.05) is 13.8 Å². The van der Waals surface area contributed by atoms with Crippen molar-refractivity contribution >= 4 is 0 Å². The molecule has 1 heteroatoms. The molecular formula is C13H29N. The zero-order valence-corrected chi connectivity index (χ0v) is 11.2. The number of likely N-dealkylation sites (tertiary alicyclic amines) is 1. The van der Waals surface area contributed by atoms with Crippen LogP contribution in [0.3, 0.4) is 0 Å². The molecule has 0 aromatic rings. The van der Waals surface area contributed by atoms with Gasteiger partial charge in [-0.2, -0.15) is 0 Å². The fourth-order valence-corrected chi connectivity index (χ4v) is 2.34. The zero-order valence-electron chi connectivity index (χ0n) is 11.2. The van der Waals surface area contributed by atoms with Gasteiger partial charge in [0, 0.05) is 12.1 Å². The van der Waals surface area contributed by atoms with Gasteiger partial charge in [0.25, 0.3) is 0 Å². The van der Waals surface area contributed by atoms with Crippen LogP contribution in [0.1, 0.15) is 61.3 Å². The van der Waals surface area contributed by atoms with Crippen molar-refractivity contribution in [2.24, 2.45) is 5.41 Å². The molecule has 1 nitrogen and oxygen atoms in total. The van der Waals surface area contributed by atoms with Crippen molar-refractivity contribution in [3.05, 3.63) is 0 Å². The van der Waals surface area contributed by atoms with E-state index in [1.54, 1.807) is 0 Å². The van der Waals surface area contributed by atoms with E-state index in [0.717, 1.165) is 12.1 Å². The Hall–Kier alpha value is -0.0400. The fourth-order valence-electron chi connectivity index (χ4n) is 2.34. The van der Waals surface area contributed by atoms with Crippen LogP contribution in [0, 0.1) is 5.41 Å². The van der Waals surface area contributed by atoms with Crippen LogP contribution in [0.25, 0.3) is 0 Å². The van der Waals surface area contributed by atoms with Crippen LogP contribution >= 0.6 is 0 Å². The minimum Gasteiger partial charge on any atom is -0.297 e. The molecule has 1 saturated heterocycles. The van der Waals surface area contributed by atoms with Gasteiger partial charge in [-0.1, -0.05) is 34.6 Å². The summed E-state index contributed by atoms with van der Waals surface area (Å²) in [5.41, 5.74) is 0.459. The van der Waals surface area contributed by atoms with Crippen LogP contribution in [-0.4, -0.2) is 23.5 Å². The van der Waals surface area contributed by atoms with Crippen LogP contribution in [0.5, 0.6) is 0 Å². The summed E-state index contributed by atoms with van der Waals surface area (Å²) in [6.45, 7) is 17.0. The minimum absolute atomic E-state index is 0.459. The molecule has 1 aliphatic heterocycles. The summed E-state index contributed by atoms with van der Waals surface area (Å²) in [4.78, 5) is 2.65. The topological polar surface area (TPSA) is 3.24 Å². The smallest absolute Gasteiger partial charge is 0.0147 e. The standard InChI is InChI=1S/C11H23N.C2H6/c1-9(2)12-8-6-7-10(12)11(3,4)5;1-2/h9-10H,6-8H2,1-5H3;1-2H3. The van der Waals surface area contributed by atoms with Gasteiger partial charge in [0.2, 0.25) is 0 Å². The molecule has 0 radical (unpaired) electrons. The fraction of sp³-hybridized carbons (Fsp3) is 1.00. The Bertz CT molecular complexity index is 144. The Balaban J connectivity index is 0.000000791. The summed E-state index contributed by atoms with van der Waals surface area (Å²) in [6, 6.07) is 1.52. The molecule has 1 heterocycles. The Kier molecular flexibility index (Phi) is 5.73. The summed E-state index contributed by atoms with van der Waals surface area (Å²) >= 11 is 0. The molecule has 0 saturated carbocycles. The van der Waals surface area contributed by atoms with E-state index >= 15 is 0 Å². The van der Waals surface area contributed by atoms with Crippen molar-refractivity contribution in [2.75, 3.05) is 6.54 Å². The van der Waals surface area contributed by atoms with Gasteiger partial charge in [0.15, 0.2) is 0 Å². The number of rotatable bonds is 1. The van der Waals surface area contributed by atoms with E-state index in [1.165, 1.54) is 19.4 Å². The third-order valence-corrected chi connectivity index (χ3v) is 2.96. The normalized spacial score (nSPS) is 23.6. The average molecular weight is 199 g/mol. The van der Waals surface area contributed by atoms with Crippen molar-refractivity contribution in [3.8, 4) is 0 Å². The van der Waals surface area contributed by atoms with Crippen molar-refractivity contribution in [2.45, 2.75) is 73.4 Å². The number of nitrogens with zero attached hydrogens (tertiary/aromatic N) is 1. The minimum atomic E-state index is 0.459. The van der Waals surface area contributed by atoms with Gasteiger partial charge in [0.1, 0.15) is 0 Å². The second-order valence-corrected chi connectivity index (χ2v) is 5.36. The highest BCUT2D eigenvalue weighted by atomic mass is 15.2. The van der Waals surface area contributed by atoms with Crippen molar-refractivity contribution in [3.63, 3.8) is 0 Å². The first kappa shape index (κ1) is 14.0. The van der Waals surface area contributed by atoms with Gasteiger partial charge < -0.3 is 0 Å². The number of hydrogen-bond donors (Lipinski definition) is 0. The molecule has 0 aromatic heterocycles. The van der Waals surface area contributed by atoms with E-state index < -0.39 is 0 Å². The van der Waals surface area contributed by atoms with Crippen LogP contribution in [0.4, 0.5) is 0 Å². The van der Waals surface area contributed by atoms with Gasteiger partial charge in [0.05, 0.1) is 0 Å². The highest BCUT2D eigenvalue weighted by molar-refractivity contribution is 4.89. The monoisotopic (exact) mass is 199 g/mol. The first-order valence-electron chi connectivity index (χ1n) is 6.18. The van der Waals surface area contributed by atoms with Gasteiger partial charge in [-0.3, -0.25) is 4.90 Å². The molecule has 0 aliphatic carbocycles. The van der Waals surface area contributed by atoms with E-state index in [2.05, 4.69) is 39.5 Å². The van der Waals surface area contributed by atoms with Crippen molar-refractivity contribution < 1.29 is 0 Å². The van der Waals surface area contributed by atoms with E-state index in [4.69, 9.17) is 0 Å². The van der Waals surface area contributed by atoms with E-state index in [-0.39, 0.29) is 0 Å². The summed E-state index contributed by atoms with van der Waals surface area (Å²) < 4.78 is 0. The molecule has 1 rings (SSSR count). The molecule has 1 aliphatic rings. The molecular weight excluding hydrogens is 170 g/mol. The third-order valence-electron chi connectivity index (χ3n) is 2.96. The van der Waals surface area contributed by atoms with E-state index in [0.29, 0.717) is 5.41 Å². The van der Waals surface area contributed by atoms with Gasteiger partial charge >= 0.3 is 0 Å². The lowest BCUT2D eigenvalue weighted by atomic mass is 9.85. The van der Waals surface area contributed by atoms with Crippen molar-refractivity contribution in [1.82, 2.24) is 4.90 Å². The average Bonchev–Trinajstić information content (AvgIpc) is 2.54. The molecule has 1 fully saturated rings. The highest BCUT2D eigenvalue weighted by Gasteiger charge is 2.34. The Morgan fingerprint density at radius 1 is 1.14 bits per heavy atom. The van der Waals surface area contributed by atoms with Gasteiger partial charge in [-0.25, -0.2) is 0 Å². The molecule has 0 amide bonds. The lowest BCUT2D eigenvalue weighted by molar-refractivity contribution is 0.111. The largest absolute Gasteiger partial charge is 0.297 e. The van der Waals surface area contributed by atoms with Crippen LogP contribution in [-0.2, 0) is 0 Å². The van der Waals surface area contributed by atoms with E-state index in [9.17, 15) is 0 Å². The molecule has 86 valence electrons. The first-order chi connectivity index (χ1) is 6.43. The second-order valence-electron chi connectivity index (χ2n) is 5.36. The van der Waals surface area contributed by atoms with Gasteiger partial charge in [-0.15, -0.1) is 0 Å². The van der Waals surface area contributed by atoms with Crippen LogP contribution in [0.15, 0.2) is 0 Å². The molecule has 1 atom stereocenters. The van der Waals surface area contributed by atoms with Crippen LogP contribution < -0.4 is 0 Å². The number of hydrogen-bond acceptors (Lipinski definition) is 1. The summed E-state index contributed by atoms with van der Waals surface area (Å²) in [7, 11) is 0. The lowest BCUT2D eigenvalue weighted by Crippen LogP contribution is -2.43. The molecule has 0 aromatic carbocycles. The summed E-state index contributed by atoms with van der Waals surface area (Å²) in [5, 5.41) is 0. The maximum Gasteiger partial charge on any atom is 0.0147 e. The maximum atomic E-state index is 2.65. The Morgan fingerprint density at radius 2 is 1.64 bits per heavy atom. The highest BCUT2D eigenvalue weighted by Crippen LogP contribution is 2.33. The lowest BCUT2D eigenvalue weighted by Gasteiger charge is -2.37. The molecule has 14 heavy (non-hydrogen) atoms. The Morgan fingerprint density at radius 3 is 1.93 bits per heavy atom. The third kappa shape index (κ3) is 3.61. The molecule has 0 N–H and O–H groups in total. The Labute approximate surface area is 90.9 Å². The quantitative estimate of drug-likeness (QED) is 0.618. The maximum absolute atomic E-state index is 2.65. The predicted molar refractivity (Wildman–Crippen MR) is 65.7 cm³/mol. The summed E-state index contributed by atoms with van der Waals surface area (Å²) in [5.74, 6) is 0. The molecule has 1 unspecified atom stereocenters. The van der Waals surface area contributed by atoms with Gasteiger partial charge in [-0.05, 0) is 38.6 Å². The predicted octanol–water partition coefficient (Wildman–Crippen LogP) is 3.93.